The molecule has 1 aliphatic carbocycles. The highest BCUT2D eigenvalue weighted by molar-refractivity contribution is 5.69. The molecule has 0 saturated heterocycles. The number of carbonyl (C=O) groups is 1. The fourth-order valence-electron chi connectivity index (χ4n) is 2.15. The molecule has 0 unspecified atom stereocenters. The number of carboxylic acid groups (broad SMARTS) is 1. The summed E-state index contributed by atoms with van der Waals surface area (Å²) in [5.41, 5.74) is 0.613. The topological polar surface area (TPSA) is 92.9 Å². The summed E-state index contributed by atoms with van der Waals surface area (Å²) in [6.45, 7) is 0.262. The molecule has 7 nitrogen and oxygen atoms in total. The van der Waals surface area contributed by atoms with Crippen molar-refractivity contribution in [3.8, 4) is 5.75 Å². The number of nitro groups is 1. The summed E-state index contributed by atoms with van der Waals surface area (Å²) in [6, 6.07) is 4.60. The Morgan fingerprint density at radius 3 is 2.75 bits per heavy atom. The molecule has 0 heterocycles. The maximum Gasteiger partial charge on any atom is 0.317 e. The van der Waals surface area contributed by atoms with E-state index in [1.807, 2.05) is 4.90 Å². The highest BCUT2D eigenvalue weighted by Gasteiger charge is 2.31. The SMILES string of the molecule is COc1ccc([N+](=O)[O-])cc1CN(CC(=O)O)C1CC1. The quantitative estimate of drug-likeness (QED) is 0.603. The summed E-state index contributed by atoms with van der Waals surface area (Å²) in [6.07, 6.45) is 1.93. The highest BCUT2D eigenvalue weighted by Crippen LogP contribution is 2.31. The van der Waals surface area contributed by atoms with E-state index in [2.05, 4.69) is 0 Å². The molecule has 1 aromatic carbocycles. The Labute approximate surface area is 115 Å². The molecule has 1 fully saturated rings. The maximum atomic E-state index is 10.9. The highest BCUT2D eigenvalue weighted by atomic mass is 16.6. The van der Waals surface area contributed by atoms with E-state index in [9.17, 15) is 14.9 Å². The molecular weight excluding hydrogens is 264 g/mol. The summed E-state index contributed by atoms with van der Waals surface area (Å²) >= 11 is 0. The minimum Gasteiger partial charge on any atom is -0.496 e. The molecule has 108 valence electrons. The van der Waals surface area contributed by atoms with Gasteiger partial charge in [0.2, 0.25) is 0 Å². The molecule has 0 atom stereocenters. The molecule has 0 amide bonds. The number of benzene rings is 1. The van der Waals surface area contributed by atoms with Crippen LogP contribution in [0.3, 0.4) is 0 Å². The van der Waals surface area contributed by atoms with Crippen molar-refractivity contribution < 1.29 is 19.6 Å². The normalized spacial score (nSPS) is 14.3. The maximum absolute atomic E-state index is 10.9. The lowest BCUT2D eigenvalue weighted by Gasteiger charge is -2.20. The van der Waals surface area contributed by atoms with Crippen LogP contribution in [0.4, 0.5) is 5.69 Å². The van der Waals surface area contributed by atoms with Crippen molar-refractivity contribution in [1.82, 2.24) is 4.90 Å². The van der Waals surface area contributed by atoms with Gasteiger partial charge in [0.25, 0.3) is 5.69 Å². The standard InChI is InChI=1S/C13H16N2O5/c1-20-12-5-4-11(15(18)19)6-9(12)7-14(8-13(16)17)10-2-3-10/h4-6,10H,2-3,7-8H2,1H3,(H,16,17). The molecule has 20 heavy (non-hydrogen) atoms. The first kappa shape index (κ1) is 14.3. The third-order valence-electron chi connectivity index (χ3n) is 3.25. The van der Waals surface area contributed by atoms with Gasteiger partial charge < -0.3 is 9.84 Å². The molecule has 0 spiro atoms. The number of methoxy groups -OCH3 is 1. The Morgan fingerprint density at radius 2 is 2.25 bits per heavy atom. The Hall–Kier alpha value is -2.15. The van der Waals surface area contributed by atoms with E-state index in [0.29, 0.717) is 17.9 Å². The molecule has 2 rings (SSSR count). The van der Waals surface area contributed by atoms with Crippen LogP contribution >= 0.6 is 0 Å². The van der Waals surface area contributed by atoms with Gasteiger partial charge in [-0.15, -0.1) is 0 Å². The van der Waals surface area contributed by atoms with Crippen molar-refractivity contribution in [3.05, 3.63) is 33.9 Å². The number of nitro benzene ring substituents is 1. The molecule has 1 aliphatic rings. The number of hydrogen-bond donors (Lipinski definition) is 1. The third-order valence-corrected chi connectivity index (χ3v) is 3.25. The van der Waals surface area contributed by atoms with Gasteiger partial charge in [0, 0.05) is 30.3 Å². The predicted molar refractivity (Wildman–Crippen MR) is 70.7 cm³/mol. The monoisotopic (exact) mass is 280 g/mol. The van der Waals surface area contributed by atoms with E-state index < -0.39 is 10.9 Å². The van der Waals surface area contributed by atoms with Gasteiger partial charge in [0.1, 0.15) is 5.75 Å². The van der Waals surface area contributed by atoms with Crippen molar-refractivity contribution in [2.45, 2.75) is 25.4 Å². The number of hydrogen-bond acceptors (Lipinski definition) is 5. The second-order valence-corrected chi connectivity index (χ2v) is 4.78. The number of nitrogens with zero attached hydrogens (tertiary/aromatic N) is 2. The average Bonchev–Trinajstić information content (AvgIpc) is 3.21. The molecule has 1 saturated carbocycles. The van der Waals surface area contributed by atoms with Crippen LogP contribution in [0.25, 0.3) is 0 Å². The van der Waals surface area contributed by atoms with Crippen molar-refractivity contribution in [1.29, 1.82) is 0 Å². The van der Waals surface area contributed by atoms with E-state index in [1.54, 1.807) is 6.07 Å². The van der Waals surface area contributed by atoms with E-state index in [4.69, 9.17) is 9.84 Å². The molecule has 0 radical (unpaired) electrons. The lowest BCUT2D eigenvalue weighted by Crippen LogP contribution is -2.31. The van der Waals surface area contributed by atoms with E-state index in [-0.39, 0.29) is 18.3 Å². The van der Waals surface area contributed by atoms with Crippen LogP contribution in [0, 0.1) is 10.1 Å². The van der Waals surface area contributed by atoms with Crippen LogP contribution in [-0.2, 0) is 11.3 Å². The zero-order chi connectivity index (χ0) is 14.7. The first-order valence-corrected chi connectivity index (χ1v) is 6.28. The van der Waals surface area contributed by atoms with Crippen LogP contribution in [-0.4, -0.2) is 40.6 Å². The molecule has 0 aromatic heterocycles. The van der Waals surface area contributed by atoms with E-state index in [1.165, 1.54) is 19.2 Å². The first-order chi connectivity index (χ1) is 9.51. The largest absolute Gasteiger partial charge is 0.496 e. The van der Waals surface area contributed by atoms with Crippen LogP contribution in [0.15, 0.2) is 18.2 Å². The Kier molecular flexibility index (Phi) is 4.19. The molecule has 1 aromatic rings. The third kappa shape index (κ3) is 3.45. The summed E-state index contributed by atoms with van der Waals surface area (Å²) < 4.78 is 5.19. The van der Waals surface area contributed by atoms with E-state index in [0.717, 1.165) is 12.8 Å². The van der Waals surface area contributed by atoms with Crippen LogP contribution in [0.2, 0.25) is 0 Å². The van der Waals surface area contributed by atoms with Gasteiger partial charge in [-0.25, -0.2) is 0 Å². The minimum absolute atomic E-state index is 0.0214. The fraction of sp³-hybridized carbons (Fsp3) is 0.462. The summed E-state index contributed by atoms with van der Waals surface area (Å²) in [4.78, 5) is 23.0. The average molecular weight is 280 g/mol. The Balaban J connectivity index is 2.22. The van der Waals surface area contributed by atoms with Crippen molar-refractivity contribution in [2.24, 2.45) is 0 Å². The van der Waals surface area contributed by atoms with Crippen LogP contribution in [0.5, 0.6) is 5.75 Å². The molecule has 0 bridgehead atoms. The lowest BCUT2D eigenvalue weighted by molar-refractivity contribution is -0.385. The fourth-order valence-corrected chi connectivity index (χ4v) is 2.15. The molecular formula is C13H16N2O5. The zero-order valence-corrected chi connectivity index (χ0v) is 11.1. The zero-order valence-electron chi connectivity index (χ0n) is 11.1. The molecule has 7 heteroatoms. The van der Waals surface area contributed by atoms with Gasteiger partial charge in [0.05, 0.1) is 18.6 Å². The second-order valence-electron chi connectivity index (χ2n) is 4.78. The number of non-ortho nitro benzene ring substituents is 1. The predicted octanol–water partition coefficient (Wildman–Crippen LogP) is 1.65. The number of carboxylic acids is 1. The van der Waals surface area contributed by atoms with Gasteiger partial charge in [-0.1, -0.05) is 0 Å². The van der Waals surface area contributed by atoms with Gasteiger partial charge >= 0.3 is 5.97 Å². The molecule has 1 N–H and O–H groups in total. The van der Waals surface area contributed by atoms with Crippen molar-refractivity contribution in [2.75, 3.05) is 13.7 Å². The van der Waals surface area contributed by atoms with Crippen LogP contribution in [0.1, 0.15) is 18.4 Å². The smallest absolute Gasteiger partial charge is 0.317 e. The number of ether oxygens (including phenoxy) is 1. The van der Waals surface area contributed by atoms with E-state index >= 15 is 0 Å². The van der Waals surface area contributed by atoms with Gasteiger partial charge in [0.15, 0.2) is 0 Å². The summed E-state index contributed by atoms with van der Waals surface area (Å²) in [5.74, 6) is -0.368. The first-order valence-electron chi connectivity index (χ1n) is 6.28. The lowest BCUT2D eigenvalue weighted by atomic mass is 10.1. The van der Waals surface area contributed by atoms with Gasteiger partial charge in [-0.3, -0.25) is 19.8 Å². The minimum atomic E-state index is -0.902. The Bertz CT molecular complexity index is 527. The van der Waals surface area contributed by atoms with Crippen molar-refractivity contribution in [3.63, 3.8) is 0 Å². The second kappa shape index (κ2) is 5.87. The van der Waals surface area contributed by atoms with Crippen LogP contribution < -0.4 is 4.74 Å². The summed E-state index contributed by atoms with van der Waals surface area (Å²) in [7, 11) is 1.49. The molecule has 0 aliphatic heterocycles. The number of rotatable bonds is 7. The van der Waals surface area contributed by atoms with Crippen molar-refractivity contribution >= 4 is 11.7 Å². The summed E-state index contributed by atoms with van der Waals surface area (Å²) in [5, 5.41) is 19.7. The number of aliphatic carboxylic acids is 1. The Morgan fingerprint density at radius 1 is 1.55 bits per heavy atom. The van der Waals surface area contributed by atoms with Gasteiger partial charge in [-0.05, 0) is 18.9 Å². The van der Waals surface area contributed by atoms with Gasteiger partial charge in [-0.2, -0.15) is 0 Å².